The fourth-order valence-electron chi connectivity index (χ4n) is 2.74. The molecule has 1 unspecified atom stereocenters. The van der Waals surface area contributed by atoms with Crippen molar-refractivity contribution in [3.05, 3.63) is 29.8 Å². The topological polar surface area (TPSA) is 38.5 Å². The summed E-state index contributed by atoms with van der Waals surface area (Å²) in [5.74, 6) is 0.841. The molecule has 1 aromatic rings. The quantitative estimate of drug-likeness (QED) is 0.903. The number of likely N-dealkylation sites (tertiary alicyclic amines) is 1. The summed E-state index contributed by atoms with van der Waals surface area (Å²) in [6, 6.07) is 7.18. The average molecular weight is 284 g/mol. The van der Waals surface area contributed by atoms with Crippen molar-refractivity contribution in [2.45, 2.75) is 32.4 Å². The zero-order chi connectivity index (χ0) is 14.5. The first-order chi connectivity index (χ1) is 9.60. The van der Waals surface area contributed by atoms with E-state index in [4.69, 9.17) is 5.73 Å². The summed E-state index contributed by atoms with van der Waals surface area (Å²) in [7, 11) is 0. The van der Waals surface area contributed by atoms with Crippen LogP contribution in [0.25, 0.3) is 0 Å². The van der Waals surface area contributed by atoms with Crippen LogP contribution in [-0.2, 0) is 0 Å². The lowest BCUT2D eigenvalue weighted by atomic mass is 9.95. The van der Waals surface area contributed by atoms with Gasteiger partial charge in [-0.3, -0.25) is 4.90 Å². The molecule has 1 aliphatic heterocycles. The predicted molar refractivity (Wildman–Crippen MR) is 74.8 cm³/mol. The van der Waals surface area contributed by atoms with Gasteiger partial charge in [0.05, 0.1) is 0 Å². The Bertz CT molecular complexity index is 420. The van der Waals surface area contributed by atoms with E-state index in [1.165, 1.54) is 0 Å². The Hall–Kier alpha value is -1.20. The van der Waals surface area contributed by atoms with Crippen molar-refractivity contribution in [1.29, 1.82) is 0 Å². The Morgan fingerprint density at radius 3 is 2.65 bits per heavy atom. The van der Waals surface area contributed by atoms with Crippen molar-refractivity contribution >= 4 is 0 Å². The maximum Gasteiger partial charge on any atom is 0.387 e. The summed E-state index contributed by atoms with van der Waals surface area (Å²) in [5, 5.41) is 0. The Balaban J connectivity index is 2.00. The van der Waals surface area contributed by atoms with Crippen molar-refractivity contribution < 1.29 is 13.5 Å². The number of halogens is 2. The number of benzene rings is 1. The van der Waals surface area contributed by atoms with Crippen molar-refractivity contribution in [1.82, 2.24) is 4.90 Å². The molecule has 0 amide bonds. The number of nitrogens with two attached hydrogens (primary N) is 1. The third-order valence-corrected chi connectivity index (χ3v) is 4.10. The van der Waals surface area contributed by atoms with Gasteiger partial charge in [0.2, 0.25) is 0 Å². The van der Waals surface area contributed by atoms with Crippen molar-refractivity contribution in [2.24, 2.45) is 11.7 Å². The predicted octanol–water partition coefficient (Wildman–Crippen LogP) is 3.02. The lowest BCUT2D eigenvalue weighted by Crippen LogP contribution is -2.37. The van der Waals surface area contributed by atoms with Crippen molar-refractivity contribution in [3.8, 4) is 5.75 Å². The molecule has 20 heavy (non-hydrogen) atoms. The summed E-state index contributed by atoms with van der Waals surface area (Å²) in [4.78, 5) is 2.37. The third kappa shape index (κ3) is 3.90. The first kappa shape index (κ1) is 15.2. The molecule has 112 valence electrons. The minimum absolute atomic E-state index is 0.204. The van der Waals surface area contributed by atoms with Gasteiger partial charge >= 0.3 is 6.61 Å². The molecular formula is C15H22F2N2O. The Morgan fingerprint density at radius 1 is 1.35 bits per heavy atom. The highest BCUT2D eigenvalue weighted by Crippen LogP contribution is 2.28. The third-order valence-electron chi connectivity index (χ3n) is 4.10. The summed E-state index contributed by atoms with van der Waals surface area (Å²) >= 11 is 0. The van der Waals surface area contributed by atoms with E-state index in [9.17, 15) is 8.78 Å². The molecule has 0 bridgehead atoms. The lowest BCUT2D eigenvalue weighted by Gasteiger charge is -2.36. The number of rotatable bonds is 5. The molecule has 1 atom stereocenters. The zero-order valence-electron chi connectivity index (χ0n) is 11.8. The fourth-order valence-corrected chi connectivity index (χ4v) is 2.74. The van der Waals surface area contributed by atoms with Crippen LogP contribution in [0.5, 0.6) is 5.75 Å². The Kier molecular flexibility index (Phi) is 5.31. The molecule has 1 heterocycles. The highest BCUT2D eigenvalue weighted by Gasteiger charge is 2.23. The van der Waals surface area contributed by atoms with Gasteiger partial charge in [-0.15, -0.1) is 0 Å². The number of alkyl halides is 2. The van der Waals surface area contributed by atoms with Gasteiger partial charge in [-0.1, -0.05) is 12.1 Å². The second-order valence-corrected chi connectivity index (χ2v) is 5.34. The molecular weight excluding hydrogens is 262 g/mol. The smallest absolute Gasteiger partial charge is 0.387 e. The maximum absolute atomic E-state index is 12.2. The Labute approximate surface area is 118 Å². The molecule has 1 saturated heterocycles. The number of nitrogens with zero attached hydrogens (tertiary/aromatic N) is 1. The van der Waals surface area contributed by atoms with Crippen molar-refractivity contribution in [2.75, 3.05) is 19.6 Å². The van der Waals surface area contributed by atoms with Gasteiger partial charge in [-0.05, 0) is 63.0 Å². The molecule has 2 rings (SSSR count). The molecule has 2 N–H and O–H groups in total. The molecule has 1 aromatic carbocycles. The summed E-state index contributed by atoms with van der Waals surface area (Å²) in [5.41, 5.74) is 6.70. The molecule has 0 aromatic heterocycles. The summed E-state index contributed by atoms with van der Waals surface area (Å²) in [6.45, 7) is 2.08. The molecule has 0 saturated carbocycles. The second-order valence-electron chi connectivity index (χ2n) is 5.34. The van der Waals surface area contributed by atoms with Gasteiger partial charge in [-0.2, -0.15) is 8.78 Å². The van der Waals surface area contributed by atoms with Gasteiger partial charge in [0.15, 0.2) is 0 Å². The van der Waals surface area contributed by atoms with E-state index < -0.39 is 6.61 Å². The summed E-state index contributed by atoms with van der Waals surface area (Å²) < 4.78 is 28.9. The monoisotopic (exact) mass is 284 g/mol. The van der Waals surface area contributed by atoms with E-state index >= 15 is 0 Å². The van der Waals surface area contributed by atoms with Crippen LogP contribution in [0.4, 0.5) is 8.78 Å². The van der Waals surface area contributed by atoms with E-state index in [1.807, 2.05) is 6.07 Å². The van der Waals surface area contributed by atoms with Crippen molar-refractivity contribution in [3.63, 3.8) is 0 Å². The zero-order valence-corrected chi connectivity index (χ0v) is 11.8. The van der Waals surface area contributed by atoms with Crippen LogP contribution in [0.3, 0.4) is 0 Å². The minimum atomic E-state index is -2.78. The standard InChI is InChI=1S/C15H22F2N2O/c1-11(19-7-5-12(10-18)6-8-19)13-3-2-4-14(9-13)20-15(16)17/h2-4,9,11-12,15H,5-8,10,18H2,1H3. The van der Waals surface area contributed by atoms with Gasteiger partial charge in [0, 0.05) is 6.04 Å². The van der Waals surface area contributed by atoms with Crippen LogP contribution in [-0.4, -0.2) is 31.1 Å². The maximum atomic E-state index is 12.2. The first-order valence-corrected chi connectivity index (χ1v) is 7.09. The SMILES string of the molecule is CC(c1cccc(OC(F)F)c1)N1CCC(CN)CC1. The highest BCUT2D eigenvalue weighted by atomic mass is 19.3. The van der Waals surface area contributed by atoms with Crippen LogP contribution < -0.4 is 10.5 Å². The molecule has 5 heteroatoms. The van der Waals surface area contributed by atoms with Crippen LogP contribution in [0, 0.1) is 5.92 Å². The van der Waals surface area contributed by atoms with Crippen LogP contribution >= 0.6 is 0 Å². The van der Waals surface area contributed by atoms with E-state index in [0.717, 1.165) is 38.0 Å². The molecule has 0 radical (unpaired) electrons. The second kappa shape index (κ2) is 6.99. The van der Waals surface area contributed by atoms with Gasteiger partial charge < -0.3 is 10.5 Å². The number of hydrogen-bond acceptors (Lipinski definition) is 3. The van der Waals surface area contributed by atoms with E-state index in [2.05, 4.69) is 16.6 Å². The van der Waals surface area contributed by atoms with Crippen LogP contribution in [0.15, 0.2) is 24.3 Å². The normalized spacial score (nSPS) is 19.2. The molecule has 3 nitrogen and oxygen atoms in total. The summed E-state index contributed by atoms with van der Waals surface area (Å²) in [6.07, 6.45) is 2.21. The van der Waals surface area contributed by atoms with Gasteiger partial charge in [-0.25, -0.2) is 0 Å². The Morgan fingerprint density at radius 2 is 2.05 bits per heavy atom. The van der Waals surface area contributed by atoms with Gasteiger partial charge in [0.25, 0.3) is 0 Å². The number of piperidine rings is 1. The van der Waals surface area contributed by atoms with E-state index in [1.54, 1.807) is 18.2 Å². The molecule has 1 aliphatic rings. The van der Waals surface area contributed by atoms with Crippen LogP contribution in [0.2, 0.25) is 0 Å². The molecule has 1 fully saturated rings. The number of ether oxygens (including phenoxy) is 1. The molecule has 0 aliphatic carbocycles. The minimum Gasteiger partial charge on any atom is -0.435 e. The fraction of sp³-hybridized carbons (Fsp3) is 0.600. The lowest BCUT2D eigenvalue weighted by molar-refractivity contribution is -0.0499. The highest BCUT2D eigenvalue weighted by molar-refractivity contribution is 5.30. The first-order valence-electron chi connectivity index (χ1n) is 7.09. The van der Waals surface area contributed by atoms with E-state index in [-0.39, 0.29) is 11.8 Å². The molecule has 0 spiro atoms. The van der Waals surface area contributed by atoms with Crippen LogP contribution in [0.1, 0.15) is 31.4 Å². The number of hydrogen-bond donors (Lipinski definition) is 1. The van der Waals surface area contributed by atoms with E-state index in [0.29, 0.717) is 5.92 Å². The van der Waals surface area contributed by atoms with Gasteiger partial charge in [0.1, 0.15) is 5.75 Å². The largest absolute Gasteiger partial charge is 0.435 e. The average Bonchev–Trinajstić information content (AvgIpc) is 2.46.